The van der Waals surface area contributed by atoms with Gasteiger partial charge in [0.15, 0.2) is 0 Å². The van der Waals surface area contributed by atoms with Gasteiger partial charge in [0.1, 0.15) is 0 Å². The van der Waals surface area contributed by atoms with Gasteiger partial charge in [-0.1, -0.05) is 27.2 Å². The molecule has 4 nitrogen and oxygen atoms in total. The molecular formula is C17H32N4. The van der Waals surface area contributed by atoms with E-state index in [2.05, 4.69) is 53.8 Å². The molecule has 1 aromatic heterocycles. The van der Waals surface area contributed by atoms with Crippen molar-refractivity contribution in [3.63, 3.8) is 0 Å². The zero-order valence-electron chi connectivity index (χ0n) is 14.2. The monoisotopic (exact) mass is 292 g/mol. The third kappa shape index (κ3) is 4.30. The summed E-state index contributed by atoms with van der Waals surface area (Å²) < 4.78 is 2.18. The zero-order chi connectivity index (χ0) is 15.2. The van der Waals surface area contributed by atoms with Crippen LogP contribution in [0.5, 0.6) is 0 Å². The maximum Gasteiger partial charge on any atom is 0.0625 e. The van der Waals surface area contributed by atoms with E-state index in [1.165, 1.54) is 30.8 Å². The first-order chi connectivity index (χ1) is 10.2. The number of nitrogens with zero attached hydrogens (tertiary/aromatic N) is 3. The standard InChI is InChI=1S/C17H32N4/c1-5-14(4)17-13-20(10-8-9-18-17)12-16-11-15(6-2)19-21(16)7-3/h11,14,17-18H,5-10,12-13H2,1-4H3. The molecule has 1 aliphatic heterocycles. The predicted molar refractivity (Wildman–Crippen MR) is 88.4 cm³/mol. The number of hydrogen-bond donors (Lipinski definition) is 1. The molecule has 1 aromatic rings. The number of rotatable bonds is 6. The van der Waals surface area contributed by atoms with Crippen molar-refractivity contribution in [1.82, 2.24) is 20.0 Å². The average molecular weight is 292 g/mol. The molecule has 2 atom stereocenters. The summed E-state index contributed by atoms with van der Waals surface area (Å²) in [6.07, 6.45) is 3.52. The summed E-state index contributed by atoms with van der Waals surface area (Å²) in [4.78, 5) is 2.61. The Kier molecular flexibility index (Phi) is 6.24. The minimum atomic E-state index is 0.626. The van der Waals surface area contributed by atoms with Crippen LogP contribution in [0.2, 0.25) is 0 Å². The molecule has 0 saturated carbocycles. The van der Waals surface area contributed by atoms with Crippen LogP contribution in [-0.2, 0) is 19.5 Å². The van der Waals surface area contributed by atoms with E-state index >= 15 is 0 Å². The van der Waals surface area contributed by atoms with E-state index in [-0.39, 0.29) is 0 Å². The normalized spacial score (nSPS) is 22.2. The lowest BCUT2D eigenvalue weighted by Gasteiger charge is -2.28. The number of nitrogens with one attached hydrogen (secondary N) is 1. The first-order valence-electron chi connectivity index (χ1n) is 8.69. The lowest BCUT2D eigenvalue weighted by atomic mass is 9.99. The Hall–Kier alpha value is -0.870. The van der Waals surface area contributed by atoms with Gasteiger partial charge >= 0.3 is 0 Å². The fourth-order valence-electron chi connectivity index (χ4n) is 3.15. The van der Waals surface area contributed by atoms with Gasteiger partial charge in [0.05, 0.1) is 11.4 Å². The lowest BCUT2D eigenvalue weighted by Crippen LogP contribution is -2.41. The molecular weight excluding hydrogens is 260 g/mol. The molecule has 2 rings (SSSR count). The predicted octanol–water partition coefficient (Wildman–Crippen LogP) is 2.68. The fourth-order valence-corrected chi connectivity index (χ4v) is 3.15. The molecule has 1 N–H and O–H groups in total. The Morgan fingerprint density at radius 1 is 1.38 bits per heavy atom. The fraction of sp³-hybridized carbons (Fsp3) is 0.824. The van der Waals surface area contributed by atoms with Gasteiger partial charge in [-0.25, -0.2) is 0 Å². The van der Waals surface area contributed by atoms with Crippen LogP contribution < -0.4 is 5.32 Å². The van der Waals surface area contributed by atoms with Crippen molar-refractivity contribution in [2.24, 2.45) is 5.92 Å². The van der Waals surface area contributed by atoms with Crippen LogP contribution in [0.1, 0.15) is 51.9 Å². The van der Waals surface area contributed by atoms with E-state index in [1.807, 2.05) is 0 Å². The summed E-state index contributed by atoms with van der Waals surface area (Å²) in [7, 11) is 0. The molecule has 1 saturated heterocycles. The van der Waals surface area contributed by atoms with E-state index in [9.17, 15) is 0 Å². The van der Waals surface area contributed by atoms with Gasteiger partial charge in [-0.05, 0) is 44.8 Å². The Morgan fingerprint density at radius 3 is 2.86 bits per heavy atom. The van der Waals surface area contributed by atoms with Crippen LogP contribution >= 0.6 is 0 Å². The van der Waals surface area contributed by atoms with Crippen molar-refractivity contribution < 1.29 is 0 Å². The average Bonchev–Trinajstić information content (AvgIpc) is 2.75. The number of hydrogen-bond acceptors (Lipinski definition) is 3. The topological polar surface area (TPSA) is 33.1 Å². The SMILES string of the molecule is CCc1cc(CN2CCCNC(C(C)CC)C2)n(CC)n1. The van der Waals surface area contributed by atoms with E-state index in [1.54, 1.807) is 0 Å². The molecule has 0 bridgehead atoms. The van der Waals surface area contributed by atoms with Gasteiger partial charge in [0.2, 0.25) is 0 Å². The minimum Gasteiger partial charge on any atom is -0.312 e. The number of aromatic nitrogens is 2. The highest BCUT2D eigenvalue weighted by molar-refractivity contribution is 5.10. The molecule has 2 heterocycles. The van der Waals surface area contributed by atoms with E-state index in [0.717, 1.165) is 38.5 Å². The molecule has 4 heteroatoms. The third-order valence-electron chi connectivity index (χ3n) is 4.80. The third-order valence-corrected chi connectivity index (χ3v) is 4.80. The van der Waals surface area contributed by atoms with Crippen molar-refractivity contribution in [3.8, 4) is 0 Å². The second-order valence-corrected chi connectivity index (χ2v) is 6.33. The summed E-state index contributed by atoms with van der Waals surface area (Å²) in [5, 5.41) is 8.41. The molecule has 2 unspecified atom stereocenters. The zero-order valence-corrected chi connectivity index (χ0v) is 14.2. The molecule has 0 radical (unpaired) electrons. The van der Waals surface area contributed by atoms with Crippen LogP contribution in [0.25, 0.3) is 0 Å². The Balaban J connectivity index is 2.04. The summed E-state index contributed by atoms with van der Waals surface area (Å²) in [5.41, 5.74) is 2.59. The van der Waals surface area contributed by atoms with Crippen LogP contribution in [0.3, 0.4) is 0 Å². The van der Waals surface area contributed by atoms with Crippen LogP contribution in [0.4, 0.5) is 0 Å². The van der Waals surface area contributed by atoms with Crippen molar-refractivity contribution >= 4 is 0 Å². The highest BCUT2D eigenvalue weighted by atomic mass is 15.3. The molecule has 1 fully saturated rings. The van der Waals surface area contributed by atoms with E-state index in [0.29, 0.717) is 6.04 Å². The molecule has 120 valence electrons. The second kappa shape index (κ2) is 7.95. The van der Waals surface area contributed by atoms with Crippen LogP contribution in [0.15, 0.2) is 6.07 Å². The molecule has 21 heavy (non-hydrogen) atoms. The largest absolute Gasteiger partial charge is 0.312 e. The van der Waals surface area contributed by atoms with Crippen LogP contribution in [-0.4, -0.2) is 40.4 Å². The maximum absolute atomic E-state index is 4.68. The molecule has 0 spiro atoms. The molecule has 0 amide bonds. The van der Waals surface area contributed by atoms with Gasteiger partial charge in [0.25, 0.3) is 0 Å². The van der Waals surface area contributed by atoms with Gasteiger partial charge in [-0.3, -0.25) is 9.58 Å². The Morgan fingerprint density at radius 2 is 2.19 bits per heavy atom. The first kappa shape index (κ1) is 16.5. The van der Waals surface area contributed by atoms with E-state index < -0.39 is 0 Å². The number of aryl methyl sites for hydroxylation is 2. The quantitative estimate of drug-likeness (QED) is 0.875. The minimum absolute atomic E-state index is 0.626. The summed E-state index contributed by atoms with van der Waals surface area (Å²) in [6.45, 7) is 14.5. The van der Waals surface area contributed by atoms with Crippen molar-refractivity contribution in [1.29, 1.82) is 0 Å². The lowest BCUT2D eigenvalue weighted by molar-refractivity contribution is 0.226. The van der Waals surface area contributed by atoms with Crippen LogP contribution in [0, 0.1) is 5.92 Å². The van der Waals surface area contributed by atoms with Crippen molar-refractivity contribution in [2.45, 2.75) is 66.1 Å². The molecule has 0 aliphatic carbocycles. The maximum atomic E-state index is 4.68. The van der Waals surface area contributed by atoms with Gasteiger partial charge in [0, 0.05) is 25.7 Å². The van der Waals surface area contributed by atoms with Gasteiger partial charge in [-0.15, -0.1) is 0 Å². The summed E-state index contributed by atoms with van der Waals surface area (Å²) in [5.74, 6) is 0.743. The van der Waals surface area contributed by atoms with Crippen molar-refractivity contribution in [2.75, 3.05) is 19.6 Å². The first-order valence-corrected chi connectivity index (χ1v) is 8.69. The highest BCUT2D eigenvalue weighted by Crippen LogP contribution is 2.15. The van der Waals surface area contributed by atoms with Gasteiger partial charge < -0.3 is 5.32 Å². The van der Waals surface area contributed by atoms with E-state index in [4.69, 9.17) is 0 Å². The summed E-state index contributed by atoms with van der Waals surface area (Å²) >= 11 is 0. The molecule has 0 aromatic carbocycles. The highest BCUT2D eigenvalue weighted by Gasteiger charge is 2.22. The molecule has 1 aliphatic rings. The summed E-state index contributed by atoms with van der Waals surface area (Å²) in [6, 6.07) is 2.92. The Labute approximate surface area is 129 Å². The second-order valence-electron chi connectivity index (χ2n) is 6.33. The van der Waals surface area contributed by atoms with Crippen molar-refractivity contribution in [3.05, 3.63) is 17.5 Å². The van der Waals surface area contributed by atoms with Gasteiger partial charge in [-0.2, -0.15) is 5.10 Å². The smallest absolute Gasteiger partial charge is 0.0625 e. The Bertz CT molecular complexity index is 426.